The van der Waals surface area contributed by atoms with Gasteiger partial charge in [-0.2, -0.15) is 11.8 Å². The van der Waals surface area contributed by atoms with Crippen molar-refractivity contribution in [1.82, 2.24) is 4.90 Å². The number of nitro groups is 1. The van der Waals surface area contributed by atoms with Gasteiger partial charge in [-0.15, -0.1) is 0 Å². The lowest BCUT2D eigenvalue weighted by atomic mass is 10.1. The molecule has 8 heteroatoms. The molecule has 1 atom stereocenters. The monoisotopic (exact) mass is 315 g/mol. The number of hydrogen-bond donors (Lipinski definition) is 1. The lowest BCUT2D eigenvalue weighted by molar-refractivity contribution is -0.385. The van der Waals surface area contributed by atoms with E-state index in [9.17, 15) is 19.3 Å². The molecule has 1 aromatic rings. The number of amides is 1. The van der Waals surface area contributed by atoms with E-state index in [1.807, 2.05) is 13.2 Å². The van der Waals surface area contributed by atoms with E-state index in [2.05, 4.69) is 0 Å². The molecule has 6 nitrogen and oxygen atoms in total. The summed E-state index contributed by atoms with van der Waals surface area (Å²) in [5.74, 6) is -0.578. The Morgan fingerprint density at radius 1 is 1.57 bits per heavy atom. The number of hydrogen-bond acceptors (Lipinski definition) is 5. The fourth-order valence-corrected chi connectivity index (χ4v) is 2.35. The van der Waals surface area contributed by atoms with E-state index in [4.69, 9.17) is 5.73 Å². The van der Waals surface area contributed by atoms with Gasteiger partial charge in [0.15, 0.2) is 5.82 Å². The number of carbonyl (C=O) groups excluding carboxylic acids is 1. The van der Waals surface area contributed by atoms with Crippen LogP contribution in [-0.4, -0.2) is 40.8 Å². The van der Waals surface area contributed by atoms with Crippen LogP contribution in [-0.2, 0) is 0 Å². The second-order valence-corrected chi connectivity index (χ2v) is 5.68. The Labute approximate surface area is 126 Å². The van der Waals surface area contributed by atoms with Crippen molar-refractivity contribution in [2.75, 3.05) is 24.8 Å². The molecule has 0 spiro atoms. The quantitative estimate of drug-likeness (QED) is 0.495. The van der Waals surface area contributed by atoms with Crippen molar-refractivity contribution in [3.63, 3.8) is 0 Å². The lowest BCUT2D eigenvalue weighted by Crippen LogP contribution is -2.35. The lowest BCUT2D eigenvalue weighted by Gasteiger charge is -2.24. The second kappa shape index (κ2) is 7.26. The van der Waals surface area contributed by atoms with E-state index in [1.54, 1.807) is 18.8 Å². The summed E-state index contributed by atoms with van der Waals surface area (Å²) in [6, 6.07) is 1.62. The van der Waals surface area contributed by atoms with Crippen molar-refractivity contribution in [3.05, 3.63) is 33.6 Å². The third kappa shape index (κ3) is 4.07. The average molecular weight is 315 g/mol. The fourth-order valence-electron chi connectivity index (χ4n) is 1.77. The number of nitrogen functional groups attached to an aromatic ring is 1. The minimum atomic E-state index is -0.906. The zero-order chi connectivity index (χ0) is 16.2. The molecule has 0 saturated carbocycles. The van der Waals surface area contributed by atoms with Crippen molar-refractivity contribution in [2.45, 2.75) is 19.4 Å². The summed E-state index contributed by atoms with van der Waals surface area (Å²) in [5, 5.41) is 11.0. The molecule has 0 aliphatic carbocycles. The van der Waals surface area contributed by atoms with Crippen molar-refractivity contribution >= 4 is 29.0 Å². The minimum Gasteiger partial charge on any atom is -0.396 e. The number of benzene rings is 1. The SMILES string of the molecule is CSCCC(C)N(C)C(=O)c1cc(N)c(F)cc1[N+](=O)[O-]. The first-order valence-corrected chi connectivity index (χ1v) is 7.68. The average Bonchev–Trinajstić information content (AvgIpc) is 2.45. The highest BCUT2D eigenvalue weighted by molar-refractivity contribution is 7.98. The summed E-state index contributed by atoms with van der Waals surface area (Å²) < 4.78 is 13.4. The van der Waals surface area contributed by atoms with Crippen LogP contribution in [0.2, 0.25) is 0 Å². The van der Waals surface area contributed by atoms with Gasteiger partial charge in [0.05, 0.1) is 16.7 Å². The molecule has 0 saturated heterocycles. The predicted octanol–water partition coefficient (Wildman–Crippen LogP) is 2.53. The van der Waals surface area contributed by atoms with E-state index in [1.165, 1.54) is 4.90 Å². The van der Waals surface area contributed by atoms with Crippen molar-refractivity contribution in [1.29, 1.82) is 0 Å². The van der Waals surface area contributed by atoms with Gasteiger partial charge in [-0.1, -0.05) is 0 Å². The molecule has 21 heavy (non-hydrogen) atoms. The van der Waals surface area contributed by atoms with Crippen LogP contribution in [0.4, 0.5) is 15.8 Å². The van der Waals surface area contributed by atoms with E-state index in [-0.39, 0.29) is 17.3 Å². The molecule has 0 fully saturated rings. The summed E-state index contributed by atoms with van der Waals surface area (Å²) in [6.45, 7) is 1.85. The number of thioether (sulfide) groups is 1. The van der Waals surface area contributed by atoms with Crippen LogP contribution >= 0.6 is 11.8 Å². The van der Waals surface area contributed by atoms with Crippen molar-refractivity contribution in [2.24, 2.45) is 0 Å². The Bertz CT molecular complexity index is 554. The molecular formula is C13H18FN3O3S. The molecule has 0 radical (unpaired) electrons. The molecule has 1 unspecified atom stereocenters. The standard InChI is InChI=1S/C13H18FN3O3S/c1-8(4-5-21-3)16(2)13(18)9-6-11(15)10(14)7-12(9)17(19)20/h6-8H,4-5,15H2,1-3H3. The summed E-state index contributed by atoms with van der Waals surface area (Å²) in [6.07, 6.45) is 2.72. The van der Waals surface area contributed by atoms with Gasteiger partial charge in [-0.3, -0.25) is 14.9 Å². The van der Waals surface area contributed by atoms with Crippen LogP contribution in [0.3, 0.4) is 0 Å². The molecule has 1 aromatic carbocycles. The van der Waals surface area contributed by atoms with Gasteiger partial charge in [0, 0.05) is 13.1 Å². The van der Waals surface area contributed by atoms with Gasteiger partial charge in [-0.25, -0.2) is 4.39 Å². The third-order valence-electron chi connectivity index (χ3n) is 3.26. The third-order valence-corrected chi connectivity index (χ3v) is 3.91. The first-order chi connectivity index (χ1) is 9.79. The summed E-state index contributed by atoms with van der Waals surface area (Å²) in [5.41, 5.74) is 4.36. The summed E-state index contributed by atoms with van der Waals surface area (Å²) in [4.78, 5) is 24.0. The predicted molar refractivity (Wildman–Crippen MR) is 82.0 cm³/mol. The largest absolute Gasteiger partial charge is 0.396 e. The Morgan fingerprint density at radius 3 is 2.71 bits per heavy atom. The van der Waals surface area contributed by atoms with Gasteiger partial charge >= 0.3 is 0 Å². The van der Waals surface area contributed by atoms with Gasteiger partial charge in [0.25, 0.3) is 11.6 Å². The van der Waals surface area contributed by atoms with Gasteiger partial charge in [0.1, 0.15) is 5.56 Å². The van der Waals surface area contributed by atoms with Gasteiger partial charge < -0.3 is 10.6 Å². The topological polar surface area (TPSA) is 89.5 Å². The molecule has 0 heterocycles. The number of nitro benzene ring substituents is 1. The minimum absolute atomic E-state index is 0.0872. The molecule has 0 bridgehead atoms. The van der Waals surface area contributed by atoms with Crippen molar-refractivity contribution < 1.29 is 14.1 Å². The smallest absolute Gasteiger partial charge is 0.285 e. The number of anilines is 1. The van der Waals surface area contributed by atoms with Gasteiger partial charge in [0.2, 0.25) is 0 Å². The van der Waals surface area contributed by atoms with Crippen LogP contribution in [0.15, 0.2) is 12.1 Å². The molecule has 2 N–H and O–H groups in total. The number of rotatable bonds is 6. The number of carbonyl (C=O) groups is 1. The van der Waals surface area contributed by atoms with Crippen LogP contribution in [0.5, 0.6) is 0 Å². The zero-order valence-electron chi connectivity index (χ0n) is 12.1. The maximum Gasteiger partial charge on any atom is 0.285 e. The van der Waals surface area contributed by atoms with Gasteiger partial charge in [-0.05, 0) is 31.4 Å². The highest BCUT2D eigenvalue weighted by atomic mass is 32.2. The first-order valence-electron chi connectivity index (χ1n) is 6.29. The second-order valence-electron chi connectivity index (χ2n) is 4.69. The van der Waals surface area contributed by atoms with Crippen LogP contribution in [0.25, 0.3) is 0 Å². The first kappa shape index (κ1) is 17.2. The molecule has 116 valence electrons. The van der Waals surface area contributed by atoms with E-state index >= 15 is 0 Å². The normalized spacial score (nSPS) is 12.0. The Balaban J connectivity index is 3.11. The van der Waals surface area contributed by atoms with E-state index in [0.29, 0.717) is 6.07 Å². The zero-order valence-corrected chi connectivity index (χ0v) is 12.9. The fraction of sp³-hybridized carbons (Fsp3) is 0.462. The number of nitrogens with zero attached hydrogens (tertiary/aromatic N) is 2. The van der Waals surface area contributed by atoms with Crippen LogP contribution < -0.4 is 5.73 Å². The number of nitrogens with two attached hydrogens (primary N) is 1. The Kier molecular flexibility index (Phi) is 5.95. The van der Waals surface area contributed by atoms with E-state index < -0.39 is 22.3 Å². The van der Waals surface area contributed by atoms with Crippen LogP contribution in [0.1, 0.15) is 23.7 Å². The molecule has 0 aromatic heterocycles. The molecule has 1 rings (SSSR count). The highest BCUT2D eigenvalue weighted by Gasteiger charge is 2.27. The van der Waals surface area contributed by atoms with Crippen LogP contribution in [0, 0.1) is 15.9 Å². The maximum atomic E-state index is 13.4. The Morgan fingerprint density at radius 2 is 2.19 bits per heavy atom. The molecule has 0 aliphatic heterocycles. The maximum absolute atomic E-state index is 13.4. The molecular weight excluding hydrogens is 297 g/mol. The molecule has 1 amide bonds. The van der Waals surface area contributed by atoms with Crippen molar-refractivity contribution in [3.8, 4) is 0 Å². The Hall–Kier alpha value is -1.83. The number of halogens is 1. The molecule has 0 aliphatic rings. The summed E-state index contributed by atoms with van der Waals surface area (Å²) in [7, 11) is 1.57. The summed E-state index contributed by atoms with van der Waals surface area (Å²) >= 11 is 1.65. The van der Waals surface area contributed by atoms with E-state index in [0.717, 1.165) is 18.2 Å². The highest BCUT2D eigenvalue weighted by Crippen LogP contribution is 2.26.